The van der Waals surface area contributed by atoms with Crippen molar-refractivity contribution in [3.05, 3.63) is 29.6 Å². The van der Waals surface area contributed by atoms with Crippen molar-refractivity contribution in [1.29, 1.82) is 0 Å². The van der Waals surface area contributed by atoms with Gasteiger partial charge >= 0.3 is 0 Å². The van der Waals surface area contributed by atoms with E-state index in [0.717, 1.165) is 0 Å². The van der Waals surface area contributed by atoms with Gasteiger partial charge in [-0.3, -0.25) is 0 Å². The van der Waals surface area contributed by atoms with Gasteiger partial charge in [-0.15, -0.1) is 0 Å². The number of nitrogens with two attached hydrogens (primary N) is 1. The fourth-order valence-electron chi connectivity index (χ4n) is 1.13. The van der Waals surface area contributed by atoms with Crippen LogP contribution in [0, 0.1) is 17.7 Å². The Bertz CT molecular complexity index is 390. The molecule has 0 amide bonds. The molecule has 0 bridgehead atoms. The van der Waals surface area contributed by atoms with E-state index in [-0.39, 0.29) is 18.5 Å². The molecule has 80 valence electrons. The monoisotopic (exact) mass is 207 g/mol. The minimum Gasteiger partial charge on any atom is -0.491 e. The highest BCUT2D eigenvalue weighted by Gasteiger charge is 2.01. The maximum absolute atomic E-state index is 13.1. The molecule has 0 fully saturated rings. The summed E-state index contributed by atoms with van der Waals surface area (Å²) in [6, 6.07) is 4.40. The summed E-state index contributed by atoms with van der Waals surface area (Å²) in [6.45, 7) is 4.03. The molecule has 0 aromatic heterocycles. The Morgan fingerprint density at radius 2 is 2.13 bits per heavy atom. The van der Waals surface area contributed by atoms with E-state index in [2.05, 4.69) is 11.8 Å². The predicted octanol–water partition coefficient (Wildman–Crippen LogP) is 1.92. The highest BCUT2D eigenvalue weighted by Crippen LogP contribution is 2.17. The van der Waals surface area contributed by atoms with Crippen LogP contribution in [0.5, 0.6) is 5.75 Å². The highest BCUT2D eigenvalue weighted by molar-refractivity contribution is 5.40. The fraction of sp³-hybridized carbons (Fsp3) is 0.333. The molecule has 1 rings (SSSR count). The molecule has 0 aliphatic rings. The summed E-state index contributed by atoms with van der Waals surface area (Å²) in [6.07, 6.45) is 0.0158. The molecule has 0 atom stereocenters. The van der Waals surface area contributed by atoms with Gasteiger partial charge in [-0.25, -0.2) is 4.39 Å². The van der Waals surface area contributed by atoms with E-state index in [9.17, 15) is 4.39 Å². The molecule has 0 saturated heterocycles. The summed E-state index contributed by atoms with van der Waals surface area (Å²) in [5, 5.41) is 0. The molecule has 0 heterocycles. The molecular weight excluding hydrogens is 193 g/mol. The minimum atomic E-state index is -0.352. The van der Waals surface area contributed by atoms with E-state index in [0.29, 0.717) is 11.3 Å². The molecule has 1 aromatic carbocycles. The van der Waals surface area contributed by atoms with Crippen LogP contribution in [0.15, 0.2) is 18.2 Å². The van der Waals surface area contributed by atoms with Gasteiger partial charge in [-0.2, -0.15) is 0 Å². The van der Waals surface area contributed by atoms with Crippen molar-refractivity contribution in [1.82, 2.24) is 0 Å². The fourth-order valence-corrected chi connectivity index (χ4v) is 1.13. The van der Waals surface area contributed by atoms with Gasteiger partial charge in [0, 0.05) is 11.6 Å². The standard InChI is InChI=1S/C12H14FNO/c1-9(2)15-12-7-10(4-3-5-14)6-11(13)8-12/h6-9H,5,14H2,1-2H3. The van der Waals surface area contributed by atoms with Gasteiger partial charge in [0.15, 0.2) is 0 Å². The summed E-state index contributed by atoms with van der Waals surface area (Å²) >= 11 is 0. The van der Waals surface area contributed by atoms with Crippen LogP contribution >= 0.6 is 0 Å². The second-order valence-electron chi connectivity index (χ2n) is 3.35. The maximum Gasteiger partial charge on any atom is 0.128 e. The van der Waals surface area contributed by atoms with Crippen LogP contribution in [-0.4, -0.2) is 12.6 Å². The van der Waals surface area contributed by atoms with Crippen molar-refractivity contribution in [3.8, 4) is 17.6 Å². The molecule has 1 aromatic rings. The first-order valence-electron chi connectivity index (χ1n) is 4.78. The summed E-state index contributed by atoms with van der Waals surface area (Å²) < 4.78 is 18.5. The third kappa shape index (κ3) is 4.01. The number of ether oxygens (including phenoxy) is 1. The van der Waals surface area contributed by atoms with Crippen LogP contribution < -0.4 is 10.5 Å². The Balaban J connectivity index is 2.94. The average molecular weight is 207 g/mol. The van der Waals surface area contributed by atoms with Gasteiger partial charge in [0.2, 0.25) is 0 Å². The van der Waals surface area contributed by atoms with Crippen LogP contribution in [0.25, 0.3) is 0 Å². The van der Waals surface area contributed by atoms with Crippen molar-refractivity contribution in [2.75, 3.05) is 6.54 Å². The highest BCUT2D eigenvalue weighted by atomic mass is 19.1. The number of benzene rings is 1. The van der Waals surface area contributed by atoms with Crippen LogP contribution in [-0.2, 0) is 0 Å². The summed E-state index contributed by atoms with van der Waals surface area (Å²) in [7, 11) is 0. The third-order valence-electron chi connectivity index (χ3n) is 1.58. The molecule has 2 nitrogen and oxygen atoms in total. The second kappa shape index (κ2) is 5.38. The summed E-state index contributed by atoms with van der Waals surface area (Å²) in [5.74, 6) is 5.57. The Kier molecular flexibility index (Phi) is 4.14. The normalized spacial score (nSPS) is 9.67. The van der Waals surface area contributed by atoms with Crippen molar-refractivity contribution in [3.63, 3.8) is 0 Å². The van der Waals surface area contributed by atoms with Crippen molar-refractivity contribution in [2.24, 2.45) is 5.73 Å². The van der Waals surface area contributed by atoms with Crippen molar-refractivity contribution in [2.45, 2.75) is 20.0 Å². The van der Waals surface area contributed by atoms with Gasteiger partial charge in [-0.05, 0) is 26.0 Å². The maximum atomic E-state index is 13.1. The Labute approximate surface area is 89.2 Å². The first-order valence-corrected chi connectivity index (χ1v) is 4.78. The lowest BCUT2D eigenvalue weighted by Gasteiger charge is -2.09. The van der Waals surface area contributed by atoms with E-state index >= 15 is 0 Å². The van der Waals surface area contributed by atoms with Crippen LogP contribution in [0.2, 0.25) is 0 Å². The second-order valence-corrected chi connectivity index (χ2v) is 3.35. The zero-order chi connectivity index (χ0) is 11.3. The molecular formula is C12H14FNO. The number of hydrogen-bond donors (Lipinski definition) is 1. The molecule has 15 heavy (non-hydrogen) atoms. The van der Waals surface area contributed by atoms with Gasteiger partial charge in [0.1, 0.15) is 11.6 Å². The molecule has 2 N–H and O–H groups in total. The quantitative estimate of drug-likeness (QED) is 0.752. The average Bonchev–Trinajstić information content (AvgIpc) is 2.12. The number of rotatable bonds is 2. The van der Waals surface area contributed by atoms with Gasteiger partial charge < -0.3 is 10.5 Å². The topological polar surface area (TPSA) is 35.2 Å². The lowest BCUT2D eigenvalue weighted by Crippen LogP contribution is -2.05. The van der Waals surface area contributed by atoms with Crippen LogP contribution in [0.4, 0.5) is 4.39 Å². The largest absolute Gasteiger partial charge is 0.491 e. The van der Waals surface area contributed by atoms with Crippen LogP contribution in [0.3, 0.4) is 0 Å². The molecule has 0 radical (unpaired) electrons. The number of hydrogen-bond acceptors (Lipinski definition) is 2. The zero-order valence-electron chi connectivity index (χ0n) is 8.88. The molecule has 0 aliphatic carbocycles. The van der Waals surface area contributed by atoms with E-state index < -0.39 is 0 Å². The smallest absolute Gasteiger partial charge is 0.128 e. The van der Waals surface area contributed by atoms with Crippen molar-refractivity contribution >= 4 is 0 Å². The first kappa shape index (κ1) is 11.5. The Hall–Kier alpha value is -1.53. The number of halogens is 1. The molecule has 0 saturated carbocycles. The van der Waals surface area contributed by atoms with Gasteiger partial charge in [0.25, 0.3) is 0 Å². The molecule has 0 aliphatic heterocycles. The predicted molar refractivity (Wildman–Crippen MR) is 58.1 cm³/mol. The molecule has 0 spiro atoms. The lowest BCUT2D eigenvalue weighted by atomic mass is 10.2. The Morgan fingerprint density at radius 3 is 2.73 bits per heavy atom. The van der Waals surface area contributed by atoms with Gasteiger partial charge in [0.05, 0.1) is 12.6 Å². The van der Waals surface area contributed by atoms with E-state index in [1.54, 1.807) is 6.07 Å². The van der Waals surface area contributed by atoms with E-state index in [4.69, 9.17) is 10.5 Å². The summed E-state index contributed by atoms with van der Waals surface area (Å²) in [4.78, 5) is 0. The third-order valence-corrected chi connectivity index (χ3v) is 1.58. The van der Waals surface area contributed by atoms with E-state index in [1.807, 2.05) is 13.8 Å². The van der Waals surface area contributed by atoms with Gasteiger partial charge in [-0.1, -0.05) is 11.8 Å². The minimum absolute atomic E-state index is 0.0158. The first-order chi connectivity index (χ1) is 7.11. The van der Waals surface area contributed by atoms with Crippen LogP contribution in [0.1, 0.15) is 19.4 Å². The zero-order valence-corrected chi connectivity index (χ0v) is 8.88. The lowest BCUT2D eigenvalue weighted by molar-refractivity contribution is 0.241. The summed E-state index contributed by atoms with van der Waals surface area (Å²) in [5.41, 5.74) is 5.81. The Morgan fingerprint density at radius 1 is 1.40 bits per heavy atom. The SMILES string of the molecule is CC(C)Oc1cc(F)cc(C#CCN)c1. The van der Waals surface area contributed by atoms with Crippen molar-refractivity contribution < 1.29 is 9.13 Å². The van der Waals surface area contributed by atoms with E-state index in [1.165, 1.54) is 12.1 Å². The molecule has 3 heteroatoms. The molecule has 0 unspecified atom stereocenters.